The first-order valence-corrected chi connectivity index (χ1v) is 8.90. The van der Waals surface area contributed by atoms with E-state index in [1.165, 1.54) is 11.3 Å². The van der Waals surface area contributed by atoms with Crippen LogP contribution in [-0.2, 0) is 0 Å². The largest absolute Gasteiger partial charge is 0.497 e. The molecule has 138 valence electrons. The SMILES string of the molecule is COc1ccc(OC)c(C(=O)CN2CCN(c3ccccc3C)CC2)c1. The van der Waals surface area contributed by atoms with Crippen LogP contribution in [0.5, 0.6) is 11.5 Å². The summed E-state index contributed by atoms with van der Waals surface area (Å²) in [7, 11) is 3.18. The van der Waals surface area contributed by atoms with Crippen LogP contribution in [0.3, 0.4) is 0 Å². The van der Waals surface area contributed by atoms with Gasteiger partial charge in [-0.05, 0) is 36.8 Å². The molecule has 2 aromatic rings. The highest BCUT2D eigenvalue weighted by molar-refractivity contribution is 6.00. The highest BCUT2D eigenvalue weighted by atomic mass is 16.5. The van der Waals surface area contributed by atoms with Crippen LogP contribution >= 0.6 is 0 Å². The number of aryl methyl sites for hydroxylation is 1. The monoisotopic (exact) mass is 354 g/mol. The van der Waals surface area contributed by atoms with E-state index in [4.69, 9.17) is 9.47 Å². The van der Waals surface area contributed by atoms with Crippen LogP contribution in [0.15, 0.2) is 42.5 Å². The Morgan fingerprint density at radius 2 is 1.73 bits per heavy atom. The number of anilines is 1. The number of Topliss-reactive ketones (excluding diaryl/α,β-unsaturated/α-hetero) is 1. The molecule has 0 radical (unpaired) electrons. The molecule has 1 heterocycles. The van der Waals surface area contributed by atoms with E-state index in [2.05, 4.69) is 41.0 Å². The Morgan fingerprint density at radius 3 is 2.38 bits per heavy atom. The number of ketones is 1. The number of piperazine rings is 1. The molecule has 26 heavy (non-hydrogen) atoms. The van der Waals surface area contributed by atoms with Gasteiger partial charge in [-0.25, -0.2) is 0 Å². The van der Waals surface area contributed by atoms with Crippen LogP contribution in [0, 0.1) is 6.92 Å². The normalized spacial score (nSPS) is 15.0. The van der Waals surface area contributed by atoms with Crippen molar-refractivity contribution >= 4 is 11.5 Å². The van der Waals surface area contributed by atoms with Crippen LogP contribution in [0.2, 0.25) is 0 Å². The van der Waals surface area contributed by atoms with Crippen LogP contribution in [0.25, 0.3) is 0 Å². The summed E-state index contributed by atoms with van der Waals surface area (Å²) in [5, 5.41) is 0. The molecule has 5 nitrogen and oxygen atoms in total. The second kappa shape index (κ2) is 8.23. The van der Waals surface area contributed by atoms with Gasteiger partial charge in [-0.15, -0.1) is 0 Å². The summed E-state index contributed by atoms with van der Waals surface area (Å²) < 4.78 is 10.6. The van der Waals surface area contributed by atoms with Gasteiger partial charge in [0.15, 0.2) is 5.78 Å². The van der Waals surface area contributed by atoms with E-state index in [1.807, 2.05) is 0 Å². The average Bonchev–Trinajstić information content (AvgIpc) is 2.68. The summed E-state index contributed by atoms with van der Waals surface area (Å²) in [4.78, 5) is 17.4. The Hall–Kier alpha value is -2.53. The minimum Gasteiger partial charge on any atom is -0.497 e. The van der Waals surface area contributed by atoms with Gasteiger partial charge in [0, 0.05) is 31.9 Å². The van der Waals surface area contributed by atoms with Gasteiger partial charge in [0.1, 0.15) is 11.5 Å². The molecule has 0 spiro atoms. The second-order valence-corrected chi connectivity index (χ2v) is 6.54. The minimum atomic E-state index is 0.0603. The lowest BCUT2D eigenvalue weighted by Crippen LogP contribution is -2.48. The fraction of sp³-hybridized carbons (Fsp3) is 0.381. The molecule has 0 atom stereocenters. The Balaban J connectivity index is 1.63. The van der Waals surface area contributed by atoms with E-state index in [0.29, 0.717) is 23.6 Å². The number of para-hydroxylation sites is 1. The molecule has 1 fully saturated rings. The van der Waals surface area contributed by atoms with Gasteiger partial charge in [-0.1, -0.05) is 18.2 Å². The first-order valence-electron chi connectivity index (χ1n) is 8.90. The van der Waals surface area contributed by atoms with Gasteiger partial charge in [-0.2, -0.15) is 0 Å². The van der Waals surface area contributed by atoms with E-state index in [9.17, 15) is 4.79 Å². The average molecular weight is 354 g/mol. The molecule has 0 bridgehead atoms. The molecule has 0 amide bonds. The molecule has 1 aliphatic heterocycles. The summed E-state index contributed by atoms with van der Waals surface area (Å²) in [5.41, 5.74) is 3.15. The highest BCUT2D eigenvalue weighted by Gasteiger charge is 2.22. The third-order valence-electron chi connectivity index (χ3n) is 4.90. The van der Waals surface area contributed by atoms with Crippen LogP contribution < -0.4 is 14.4 Å². The van der Waals surface area contributed by atoms with Crippen LogP contribution in [0.4, 0.5) is 5.69 Å². The van der Waals surface area contributed by atoms with Gasteiger partial charge in [0.05, 0.1) is 26.3 Å². The topological polar surface area (TPSA) is 42.0 Å². The maximum Gasteiger partial charge on any atom is 0.180 e. The lowest BCUT2D eigenvalue weighted by molar-refractivity contribution is 0.0923. The number of carbonyl (C=O) groups is 1. The quantitative estimate of drug-likeness (QED) is 0.746. The minimum absolute atomic E-state index is 0.0603. The van der Waals surface area contributed by atoms with Crippen molar-refractivity contribution in [3.05, 3.63) is 53.6 Å². The third-order valence-corrected chi connectivity index (χ3v) is 4.90. The first-order chi connectivity index (χ1) is 12.6. The van der Waals surface area contributed by atoms with Crippen molar-refractivity contribution in [1.82, 2.24) is 4.90 Å². The summed E-state index contributed by atoms with van der Waals surface area (Å²) >= 11 is 0. The molecule has 0 saturated carbocycles. The fourth-order valence-electron chi connectivity index (χ4n) is 3.39. The fourth-order valence-corrected chi connectivity index (χ4v) is 3.39. The molecule has 5 heteroatoms. The Morgan fingerprint density at radius 1 is 1.00 bits per heavy atom. The first kappa shape index (κ1) is 18.3. The van der Waals surface area contributed by atoms with Gasteiger partial charge < -0.3 is 14.4 Å². The van der Waals surface area contributed by atoms with Crippen molar-refractivity contribution in [2.45, 2.75) is 6.92 Å². The zero-order valence-corrected chi connectivity index (χ0v) is 15.7. The lowest BCUT2D eigenvalue weighted by Gasteiger charge is -2.36. The van der Waals surface area contributed by atoms with Gasteiger partial charge in [-0.3, -0.25) is 9.69 Å². The molecular formula is C21H26N2O3. The van der Waals surface area contributed by atoms with Crippen molar-refractivity contribution in [2.24, 2.45) is 0 Å². The van der Waals surface area contributed by atoms with Crippen LogP contribution in [0.1, 0.15) is 15.9 Å². The number of hydrogen-bond acceptors (Lipinski definition) is 5. The number of ether oxygens (including phenoxy) is 2. The molecule has 0 aromatic heterocycles. The standard InChI is InChI=1S/C21H26N2O3/c1-16-6-4-5-7-19(16)23-12-10-22(11-13-23)15-20(24)18-14-17(25-2)8-9-21(18)26-3/h4-9,14H,10-13,15H2,1-3H3. The molecule has 0 N–H and O–H groups in total. The summed E-state index contributed by atoms with van der Waals surface area (Å²) in [6.45, 7) is 6.12. The molecule has 1 saturated heterocycles. The van der Waals surface area contributed by atoms with E-state index in [0.717, 1.165) is 26.2 Å². The summed E-state index contributed by atoms with van der Waals surface area (Å²) in [5.74, 6) is 1.32. The molecule has 1 aliphatic rings. The second-order valence-electron chi connectivity index (χ2n) is 6.54. The van der Waals surface area contributed by atoms with Crippen molar-refractivity contribution < 1.29 is 14.3 Å². The van der Waals surface area contributed by atoms with Crippen molar-refractivity contribution in [3.63, 3.8) is 0 Å². The highest BCUT2D eigenvalue weighted by Crippen LogP contribution is 2.25. The van der Waals surface area contributed by atoms with E-state index in [1.54, 1.807) is 32.4 Å². The van der Waals surface area contributed by atoms with Crippen molar-refractivity contribution in [1.29, 1.82) is 0 Å². The summed E-state index contributed by atoms with van der Waals surface area (Å²) in [6.07, 6.45) is 0. The maximum absolute atomic E-state index is 12.8. The smallest absolute Gasteiger partial charge is 0.180 e. The predicted octanol–water partition coefficient (Wildman–Crippen LogP) is 3.02. The van der Waals surface area contributed by atoms with Gasteiger partial charge in [0.25, 0.3) is 0 Å². The van der Waals surface area contributed by atoms with Gasteiger partial charge >= 0.3 is 0 Å². The molecule has 2 aromatic carbocycles. The number of carbonyl (C=O) groups excluding carboxylic acids is 1. The number of benzene rings is 2. The molecular weight excluding hydrogens is 328 g/mol. The Labute approximate surface area is 155 Å². The predicted molar refractivity (Wildman–Crippen MR) is 104 cm³/mol. The summed E-state index contributed by atoms with van der Waals surface area (Å²) in [6, 6.07) is 13.8. The molecule has 3 rings (SSSR count). The zero-order valence-electron chi connectivity index (χ0n) is 15.7. The number of methoxy groups -OCH3 is 2. The maximum atomic E-state index is 12.8. The van der Waals surface area contributed by atoms with Crippen LogP contribution in [-0.4, -0.2) is 57.6 Å². The zero-order chi connectivity index (χ0) is 18.5. The number of hydrogen-bond donors (Lipinski definition) is 0. The van der Waals surface area contributed by atoms with Gasteiger partial charge in [0.2, 0.25) is 0 Å². The van der Waals surface area contributed by atoms with E-state index < -0.39 is 0 Å². The number of nitrogens with zero attached hydrogens (tertiary/aromatic N) is 2. The molecule has 0 unspecified atom stereocenters. The van der Waals surface area contributed by atoms with Crippen molar-refractivity contribution in [3.8, 4) is 11.5 Å². The van der Waals surface area contributed by atoms with E-state index >= 15 is 0 Å². The third kappa shape index (κ3) is 3.99. The lowest BCUT2D eigenvalue weighted by atomic mass is 10.1. The van der Waals surface area contributed by atoms with E-state index in [-0.39, 0.29) is 5.78 Å². The Kier molecular flexibility index (Phi) is 5.78. The number of rotatable bonds is 6. The van der Waals surface area contributed by atoms with Crippen molar-refractivity contribution in [2.75, 3.05) is 51.8 Å². The molecule has 0 aliphatic carbocycles. The Bertz CT molecular complexity index is 768.